The van der Waals surface area contributed by atoms with Crippen molar-refractivity contribution in [2.75, 3.05) is 33.0 Å². The zero-order valence-corrected chi connectivity index (χ0v) is 10.4. The van der Waals surface area contributed by atoms with E-state index in [0.717, 1.165) is 6.61 Å². The highest BCUT2D eigenvalue weighted by Crippen LogP contribution is 1.76. The molecule has 0 amide bonds. The predicted molar refractivity (Wildman–Crippen MR) is 66.1 cm³/mol. The molecular weight excluding hydrogens is 192 g/mol. The molecular formula is C12H26O3. The van der Waals surface area contributed by atoms with Crippen molar-refractivity contribution in [3.05, 3.63) is 25.3 Å². The first-order valence-corrected chi connectivity index (χ1v) is 5.15. The predicted octanol–water partition coefficient (Wildman–Crippen LogP) is 2.42. The van der Waals surface area contributed by atoms with Crippen LogP contribution in [0.2, 0.25) is 0 Å². The van der Waals surface area contributed by atoms with Gasteiger partial charge in [-0.3, -0.25) is 0 Å². The van der Waals surface area contributed by atoms with Crippen molar-refractivity contribution in [3.8, 4) is 0 Å². The van der Waals surface area contributed by atoms with Gasteiger partial charge in [0.1, 0.15) is 0 Å². The molecule has 92 valence electrons. The Labute approximate surface area is 94.4 Å². The first-order valence-electron chi connectivity index (χ1n) is 5.15. The topological polar surface area (TPSA) is 38.7 Å². The summed E-state index contributed by atoms with van der Waals surface area (Å²) in [5, 5.41) is 8.26. The van der Waals surface area contributed by atoms with Crippen molar-refractivity contribution >= 4 is 0 Å². The molecule has 0 aromatic carbocycles. The number of hydrogen-bond acceptors (Lipinski definition) is 3. The molecule has 0 rings (SSSR count). The third kappa shape index (κ3) is 60.0. The summed E-state index contributed by atoms with van der Waals surface area (Å²) in [5.74, 6) is 0. The zero-order valence-electron chi connectivity index (χ0n) is 10.4. The highest BCUT2D eigenvalue weighted by Gasteiger charge is 1.84. The first kappa shape index (κ1) is 19.9. The second-order valence-corrected chi connectivity index (χ2v) is 2.35. The number of allylic oxidation sites excluding steroid dienone is 2. The Morgan fingerprint density at radius 1 is 1.00 bits per heavy atom. The number of ether oxygens (including phenoxy) is 2. The van der Waals surface area contributed by atoms with Crippen LogP contribution in [0.1, 0.15) is 20.8 Å². The average molecular weight is 218 g/mol. The van der Waals surface area contributed by atoms with Gasteiger partial charge in [0, 0.05) is 6.61 Å². The minimum atomic E-state index is 0.0894. The van der Waals surface area contributed by atoms with Crippen LogP contribution in [0.5, 0.6) is 0 Å². The summed E-state index contributed by atoms with van der Waals surface area (Å²) in [4.78, 5) is 0. The quantitative estimate of drug-likeness (QED) is 0.549. The first-order chi connectivity index (χ1) is 7.24. The van der Waals surface area contributed by atoms with Crippen LogP contribution >= 0.6 is 0 Å². The molecule has 0 atom stereocenters. The molecule has 1 N–H and O–H groups in total. The van der Waals surface area contributed by atoms with E-state index in [2.05, 4.69) is 13.2 Å². The highest BCUT2D eigenvalue weighted by atomic mass is 16.5. The van der Waals surface area contributed by atoms with Crippen molar-refractivity contribution in [2.45, 2.75) is 20.8 Å². The van der Waals surface area contributed by atoms with Gasteiger partial charge < -0.3 is 14.6 Å². The van der Waals surface area contributed by atoms with Crippen LogP contribution in [-0.2, 0) is 9.47 Å². The minimum Gasteiger partial charge on any atom is -0.394 e. The third-order valence-corrected chi connectivity index (χ3v) is 0.812. The summed E-state index contributed by atoms with van der Waals surface area (Å²) in [7, 11) is 0. The van der Waals surface area contributed by atoms with E-state index in [0.29, 0.717) is 19.8 Å². The Kier molecular flexibility index (Phi) is 38.7. The molecule has 0 radical (unpaired) electrons. The lowest BCUT2D eigenvalue weighted by Gasteiger charge is -2.00. The van der Waals surface area contributed by atoms with Gasteiger partial charge >= 0.3 is 0 Å². The lowest BCUT2D eigenvalue weighted by molar-refractivity contribution is 0.0370. The van der Waals surface area contributed by atoms with Crippen LogP contribution in [0, 0.1) is 0 Å². The van der Waals surface area contributed by atoms with E-state index in [1.54, 1.807) is 12.2 Å². The van der Waals surface area contributed by atoms with Gasteiger partial charge in [0.2, 0.25) is 0 Å². The van der Waals surface area contributed by atoms with E-state index in [-0.39, 0.29) is 6.61 Å². The largest absolute Gasteiger partial charge is 0.394 e. The van der Waals surface area contributed by atoms with Crippen LogP contribution in [0.15, 0.2) is 25.3 Å². The van der Waals surface area contributed by atoms with Crippen molar-refractivity contribution in [3.63, 3.8) is 0 Å². The summed E-state index contributed by atoms with van der Waals surface area (Å²) < 4.78 is 9.88. The SMILES string of the molecule is C=CC.C=CC.CCOCCOCCO. The molecule has 0 bridgehead atoms. The summed E-state index contributed by atoms with van der Waals surface area (Å²) in [6.45, 7) is 14.9. The van der Waals surface area contributed by atoms with Crippen molar-refractivity contribution < 1.29 is 14.6 Å². The molecule has 0 aliphatic carbocycles. The van der Waals surface area contributed by atoms with Crippen LogP contribution in [0.3, 0.4) is 0 Å². The second kappa shape index (κ2) is 29.2. The van der Waals surface area contributed by atoms with Gasteiger partial charge in [0.05, 0.1) is 26.4 Å². The minimum absolute atomic E-state index is 0.0894. The van der Waals surface area contributed by atoms with E-state index in [4.69, 9.17) is 14.6 Å². The number of aliphatic hydroxyl groups is 1. The maximum Gasteiger partial charge on any atom is 0.0701 e. The Bertz CT molecular complexity index is 91.0. The normalized spacial score (nSPS) is 7.73. The van der Waals surface area contributed by atoms with Gasteiger partial charge in [0.25, 0.3) is 0 Å². The fourth-order valence-electron chi connectivity index (χ4n) is 0.429. The molecule has 0 aromatic rings. The van der Waals surface area contributed by atoms with E-state index in [9.17, 15) is 0 Å². The van der Waals surface area contributed by atoms with Gasteiger partial charge in [-0.1, -0.05) is 12.2 Å². The molecule has 0 fully saturated rings. The molecule has 0 spiro atoms. The van der Waals surface area contributed by atoms with Crippen molar-refractivity contribution in [1.29, 1.82) is 0 Å². The molecule has 3 heteroatoms. The molecule has 0 aliphatic heterocycles. The second-order valence-electron chi connectivity index (χ2n) is 2.35. The molecule has 0 heterocycles. The Morgan fingerprint density at radius 3 is 1.73 bits per heavy atom. The summed E-state index contributed by atoms with van der Waals surface area (Å²) >= 11 is 0. The van der Waals surface area contributed by atoms with E-state index >= 15 is 0 Å². The average Bonchev–Trinajstić information content (AvgIpc) is 2.20. The summed E-state index contributed by atoms with van der Waals surface area (Å²) in [6, 6.07) is 0. The van der Waals surface area contributed by atoms with Crippen LogP contribution in [0.25, 0.3) is 0 Å². The molecule has 0 aromatic heterocycles. The van der Waals surface area contributed by atoms with E-state index in [1.165, 1.54) is 0 Å². The lowest BCUT2D eigenvalue weighted by Crippen LogP contribution is -2.06. The summed E-state index contributed by atoms with van der Waals surface area (Å²) in [6.07, 6.45) is 3.50. The van der Waals surface area contributed by atoms with Crippen LogP contribution in [0.4, 0.5) is 0 Å². The Morgan fingerprint density at radius 2 is 1.40 bits per heavy atom. The molecule has 0 aliphatic rings. The van der Waals surface area contributed by atoms with Crippen molar-refractivity contribution in [2.24, 2.45) is 0 Å². The Balaban J connectivity index is -0.000000200. The monoisotopic (exact) mass is 218 g/mol. The van der Waals surface area contributed by atoms with Crippen LogP contribution < -0.4 is 0 Å². The maximum absolute atomic E-state index is 8.26. The van der Waals surface area contributed by atoms with Gasteiger partial charge in [-0.05, 0) is 20.8 Å². The third-order valence-electron chi connectivity index (χ3n) is 0.812. The number of rotatable bonds is 6. The molecule has 0 saturated heterocycles. The molecule has 3 nitrogen and oxygen atoms in total. The van der Waals surface area contributed by atoms with Gasteiger partial charge in [-0.15, -0.1) is 13.2 Å². The fraction of sp³-hybridized carbons (Fsp3) is 0.667. The molecule has 15 heavy (non-hydrogen) atoms. The lowest BCUT2D eigenvalue weighted by atomic mass is 10.7. The van der Waals surface area contributed by atoms with E-state index in [1.807, 2.05) is 20.8 Å². The van der Waals surface area contributed by atoms with Crippen molar-refractivity contribution in [1.82, 2.24) is 0 Å². The number of hydrogen-bond donors (Lipinski definition) is 1. The molecule has 0 saturated carbocycles. The van der Waals surface area contributed by atoms with Crippen LogP contribution in [-0.4, -0.2) is 38.1 Å². The van der Waals surface area contributed by atoms with Gasteiger partial charge in [0.15, 0.2) is 0 Å². The van der Waals surface area contributed by atoms with Gasteiger partial charge in [-0.25, -0.2) is 0 Å². The maximum atomic E-state index is 8.26. The standard InChI is InChI=1S/C6H14O3.2C3H6/c1-2-8-5-6-9-4-3-7;2*1-3-2/h7H,2-6H2,1H3;2*3H,1H2,2H3. The number of aliphatic hydroxyl groups excluding tert-OH is 1. The highest BCUT2D eigenvalue weighted by molar-refractivity contribution is 4.51. The smallest absolute Gasteiger partial charge is 0.0701 e. The fourth-order valence-corrected chi connectivity index (χ4v) is 0.429. The van der Waals surface area contributed by atoms with E-state index < -0.39 is 0 Å². The zero-order chi connectivity index (χ0) is 12.4. The van der Waals surface area contributed by atoms with Gasteiger partial charge in [-0.2, -0.15) is 0 Å². The summed E-state index contributed by atoms with van der Waals surface area (Å²) in [5.41, 5.74) is 0. The Hall–Kier alpha value is -0.640. The molecule has 0 unspecified atom stereocenters.